The van der Waals surface area contributed by atoms with Crippen molar-refractivity contribution in [3.63, 3.8) is 0 Å². The summed E-state index contributed by atoms with van der Waals surface area (Å²) in [6, 6.07) is 10.3. The lowest BCUT2D eigenvalue weighted by Gasteiger charge is -2.05. The third-order valence-electron chi connectivity index (χ3n) is 4.94. The molecule has 0 atom stereocenters. The number of hydrogen-bond donors (Lipinski definition) is 4. The van der Waals surface area contributed by atoms with Crippen molar-refractivity contribution in [2.45, 2.75) is 6.92 Å². The second-order valence-corrected chi connectivity index (χ2v) is 7.16. The lowest BCUT2D eigenvalue weighted by Crippen LogP contribution is -2.11. The van der Waals surface area contributed by atoms with E-state index in [0.717, 1.165) is 5.56 Å². The molecule has 160 valence electrons. The van der Waals surface area contributed by atoms with Gasteiger partial charge in [0, 0.05) is 6.07 Å². The van der Waals surface area contributed by atoms with Gasteiger partial charge in [-0.15, -0.1) is 0 Å². The average Bonchev–Trinajstić information content (AvgIpc) is 3.37. The number of carbonyl (C=O) groups is 1. The first-order valence-electron chi connectivity index (χ1n) is 9.55. The van der Waals surface area contributed by atoms with Crippen LogP contribution < -0.4 is 15.9 Å². The summed E-state index contributed by atoms with van der Waals surface area (Å²) in [5.41, 5.74) is 1.87. The second kappa shape index (κ2) is 7.23. The zero-order valence-electron chi connectivity index (χ0n) is 16.7. The Morgan fingerprint density at radius 1 is 1.09 bits per heavy atom. The van der Waals surface area contributed by atoms with Crippen LogP contribution in [0.15, 0.2) is 52.3 Å². The van der Waals surface area contributed by atoms with Crippen molar-refractivity contribution in [3.05, 3.63) is 69.0 Å². The van der Waals surface area contributed by atoms with Gasteiger partial charge >= 0.3 is 5.97 Å². The molecule has 3 aromatic heterocycles. The molecule has 3 heterocycles. The van der Waals surface area contributed by atoms with Crippen LogP contribution in [0.4, 0.5) is 0 Å². The number of H-pyrrole nitrogens is 3. The molecule has 5 rings (SSSR count). The van der Waals surface area contributed by atoms with Gasteiger partial charge in [0.1, 0.15) is 11.3 Å². The Kier molecular flexibility index (Phi) is 4.36. The van der Waals surface area contributed by atoms with Gasteiger partial charge in [0.2, 0.25) is 5.78 Å². The molecule has 0 spiro atoms. The Morgan fingerprint density at radius 2 is 1.94 bits per heavy atom. The molecule has 0 saturated carbocycles. The molecule has 0 aliphatic carbocycles. The summed E-state index contributed by atoms with van der Waals surface area (Å²) in [5, 5.41) is 8.91. The number of aliphatic carboxylic acids is 1. The van der Waals surface area contributed by atoms with Gasteiger partial charge in [-0.05, 0) is 36.8 Å². The van der Waals surface area contributed by atoms with Gasteiger partial charge in [0.05, 0.1) is 28.4 Å². The molecule has 0 aliphatic heterocycles. The van der Waals surface area contributed by atoms with Crippen molar-refractivity contribution in [3.8, 4) is 5.75 Å². The molecule has 5 aromatic rings. The number of rotatable bonds is 3. The number of carboxylic acid groups (broad SMARTS) is 1. The van der Waals surface area contributed by atoms with Crippen LogP contribution in [0.3, 0.4) is 0 Å². The highest BCUT2D eigenvalue weighted by molar-refractivity contribution is 5.88. The topological polar surface area (TPSA) is 158 Å². The monoisotopic (exact) mass is 432 g/mol. The first kappa shape index (κ1) is 19.3. The Morgan fingerprint density at radius 3 is 2.75 bits per heavy atom. The van der Waals surface area contributed by atoms with Crippen LogP contribution >= 0.6 is 0 Å². The molecular weight excluding hydrogens is 416 g/mol. The van der Waals surface area contributed by atoms with Crippen molar-refractivity contribution in [1.29, 1.82) is 0 Å². The lowest BCUT2D eigenvalue weighted by molar-refractivity contribution is -0.139. The number of imidazole rings is 2. The number of aromatic nitrogens is 6. The van der Waals surface area contributed by atoms with E-state index in [4.69, 9.17) is 9.84 Å². The molecule has 4 N–H and O–H groups in total. The summed E-state index contributed by atoms with van der Waals surface area (Å²) in [7, 11) is 0. The van der Waals surface area contributed by atoms with Crippen LogP contribution in [0.5, 0.6) is 5.75 Å². The quantitative estimate of drug-likeness (QED) is 0.338. The molecule has 0 aliphatic rings. The number of carboxylic acids is 1. The van der Waals surface area contributed by atoms with Gasteiger partial charge in [-0.25, -0.2) is 14.8 Å². The minimum Gasteiger partial charge on any atom is -0.482 e. The van der Waals surface area contributed by atoms with Gasteiger partial charge in [-0.2, -0.15) is 0 Å². The normalized spacial score (nSPS) is 11.3. The van der Waals surface area contributed by atoms with E-state index in [0.29, 0.717) is 27.8 Å². The Hall–Kier alpha value is -4.67. The zero-order valence-corrected chi connectivity index (χ0v) is 16.7. The molecule has 11 heteroatoms. The third kappa shape index (κ3) is 3.21. The Bertz CT molecular complexity index is 1720. The minimum absolute atomic E-state index is 0.00199. The number of aryl methyl sites for hydroxylation is 1. The van der Waals surface area contributed by atoms with E-state index in [-0.39, 0.29) is 16.8 Å². The zero-order chi connectivity index (χ0) is 22.4. The molecule has 0 radical (unpaired) electrons. The largest absolute Gasteiger partial charge is 0.482 e. The van der Waals surface area contributed by atoms with Crippen LogP contribution in [0.25, 0.3) is 38.9 Å². The van der Waals surface area contributed by atoms with Gasteiger partial charge in [0.25, 0.3) is 11.1 Å². The predicted molar refractivity (Wildman–Crippen MR) is 117 cm³/mol. The van der Waals surface area contributed by atoms with Crippen molar-refractivity contribution in [2.24, 2.45) is 0 Å². The SMILES string of the molecule is Cc1ccc2[nH]c(=O)c3nc[nH]c3c(=O)[nH]c3nc4ccc(OCC(=O)O)cc4n3c2c1. The van der Waals surface area contributed by atoms with Gasteiger partial charge in [-0.3, -0.25) is 19.0 Å². The summed E-state index contributed by atoms with van der Waals surface area (Å²) < 4.78 is 6.98. The highest BCUT2D eigenvalue weighted by atomic mass is 16.5. The van der Waals surface area contributed by atoms with Gasteiger partial charge in [0.15, 0.2) is 12.1 Å². The van der Waals surface area contributed by atoms with Crippen LogP contribution in [0.2, 0.25) is 0 Å². The summed E-state index contributed by atoms with van der Waals surface area (Å²) in [5.74, 6) is -0.572. The van der Waals surface area contributed by atoms with Crippen LogP contribution in [-0.4, -0.2) is 47.0 Å². The maximum Gasteiger partial charge on any atom is 0.341 e. The fraction of sp³-hybridized carbons (Fsp3) is 0.0952. The highest BCUT2D eigenvalue weighted by Crippen LogP contribution is 2.24. The number of hydrogen-bond acceptors (Lipinski definition) is 6. The smallest absolute Gasteiger partial charge is 0.341 e. The average molecular weight is 432 g/mol. The van der Waals surface area contributed by atoms with E-state index in [1.165, 1.54) is 6.33 Å². The maximum absolute atomic E-state index is 12.9. The number of ether oxygens (including phenoxy) is 1. The summed E-state index contributed by atoms with van der Waals surface area (Å²) in [4.78, 5) is 53.3. The molecule has 0 saturated heterocycles. The van der Waals surface area contributed by atoms with Crippen LogP contribution in [0, 0.1) is 6.92 Å². The number of aromatic amines is 3. The number of fused-ring (bicyclic) bond motifs is 6. The van der Waals surface area contributed by atoms with E-state index in [2.05, 4.69) is 24.9 Å². The van der Waals surface area contributed by atoms with E-state index < -0.39 is 23.7 Å². The number of nitrogens with one attached hydrogen (secondary N) is 3. The molecule has 0 fully saturated rings. The van der Waals surface area contributed by atoms with E-state index in [9.17, 15) is 14.4 Å². The van der Waals surface area contributed by atoms with Crippen LogP contribution in [0.1, 0.15) is 5.56 Å². The van der Waals surface area contributed by atoms with Crippen molar-refractivity contribution < 1.29 is 14.6 Å². The molecule has 0 unspecified atom stereocenters. The van der Waals surface area contributed by atoms with Gasteiger partial charge in [-0.1, -0.05) is 6.07 Å². The molecule has 2 aromatic carbocycles. The van der Waals surface area contributed by atoms with E-state index >= 15 is 0 Å². The molecule has 32 heavy (non-hydrogen) atoms. The fourth-order valence-electron chi connectivity index (χ4n) is 3.54. The van der Waals surface area contributed by atoms with E-state index in [1.807, 2.05) is 19.1 Å². The highest BCUT2D eigenvalue weighted by Gasteiger charge is 2.11. The summed E-state index contributed by atoms with van der Waals surface area (Å²) >= 11 is 0. The standard InChI is InChI=1S/C21H16N6O5/c1-10-2-4-12-14(6-10)27-15-7-11(32-8-16(28)29)3-5-13(15)25-21(27)26-20(31)18-17(19(30)24-12)22-9-23-18/h2-7,9H,8H2,1H3,(H,22,23)(H,24,30)(H,28,29)(H,25,26,31). The predicted octanol–water partition coefficient (Wildman–Crippen LogP) is 1.79. The molecule has 0 amide bonds. The van der Waals surface area contributed by atoms with Crippen molar-refractivity contribution in [1.82, 2.24) is 29.3 Å². The Labute approximate surface area is 177 Å². The van der Waals surface area contributed by atoms with Gasteiger partial charge < -0.3 is 19.8 Å². The lowest BCUT2D eigenvalue weighted by atomic mass is 10.2. The molecule has 0 bridgehead atoms. The summed E-state index contributed by atoms with van der Waals surface area (Å²) in [6.07, 6.45) is 1.27. The minimum atomic E-state index is -1.10. The number of nitrogens with zero attached hydrogens (tertiary/aromatic N) is 3. The molecule has 11 nitrogen and oxygen atoms in total. The number of benzene rings is 2. The van der Waals surface area contributed by atoms with Crippen molar-refractivity contribution in [2.75, 3.05) is 6.61 Å². The second-order valence-electron chi connectivity index (χ2n) is 7.16. The van der Waals surface area contributed by atoms with E-state index in [1.54, 1.807) is 28.7 Å². The first-order chi connectivity index (χ1) is 15.4. The first-order valence-corrected chi connectivity index (χ1v) is 9.55. The van der Waals surface area contributed by atoms with Crippen molar-refractivity contribution >= 4 is 44.8 Å². The summed E-state index contributed by atoms with van der Waals surface area (Å²) in [6.45, 7) is 1.39. The third-order valence-corrected chi connectivity index (χ3v) is 4.94. The van der Waals surface area contributed by atoms with Crippen LogP contribution in [-0.2, 0) is 4.79 Å². The molecular formula is C21H16N6O5. The Balaban J connectivity index is 2.01. The maximum atomic E-state index is 12.9. The fourth-order valence-corrected chi connectivity index (χ4v) is 3.54.